The van der Waals surface area contributed by atoms with E-state index in [0.717, 1.165) is 41.2 Å². The number of aromatic nitrogens is 4. The molecule has 5 heterocycles. The van der Waals surface area contributed by atoms with E-state index in [2.05, 4.69) is 20.2 Å². The molecule has 0 bridgehead atoms. The van der Waals surface area contributed by atoms with E-state index in [9.17, 15) is 13.2 Å². The Bertz CT molecular complexity index is 1000. The van der Waals surface area contributed by atoms with Crippen LogP contribution in [0.15, 0.2) is 29.1 Å². The highest BCUT2D eigenvalue weighted by atomic mass is 32.1. The van der Waals surface area contributed by atoms with Crippen LogP contribution in [0.5, 0.6) is 0 Å². The number of nitrogens with zero attached hydrogens (tertiary/aromatic N) is 4. The summed E-state index contributed by atoms with van der Waals surface area (Å²) in [5.74, 6) is 0.0939. The highest BCUT2D eigenvalue weighted by molar-refractivity contribution is 7.08. The van der Waals surface area contributed by atoms with Crippen molar-refractivity contribution in [1.29, 1.82) is 0 Å². The normalized spacial score (nSPS) is 22.0. The molecule has 6 nitrogen and oxygen atoms in total. The quantitative estimate of drug-likeness (QED) is 0.703. The molecule has 146 valence electrons. The van der Waals surface area contributed by atoms with Gasteiger partial charge in [0, 0.05) is 35.8 Å². The average Bonchev–Trinajstić information content (AvgIpc) is 3.41. The number of halogens is 3. The van der Waals surface area contributed by atoms with Gasteiger partial charge in [0.15, 0.2) is 0 Å². The predicted octanol–water partition coefficient (Wildman–Crippen LogP) is 3.63. The van der Waals surface area contributed by atoms with E-state index in [1.807, 2.05) is 16.8 Å². The number of fused-ring (bicyclic) bond motifs is 2. The molecule has 0 radical (unpaired) electrons. The van der Waals surface area contributed by atoms with Gasteiger partial charge in [-0.3, -0.25) is 5.10 Å². The highest BCUT2D eigenvalue weighted by Crippen LogP contribution is 2.43. The topological polar surface area (TPSA) is 66.9 Å². The Morgan fingerprint density at radius 2 is 2.18 bits per heavy atom. The van der Waals surface area contributed by atoms with E-state index >= 15 is 0 Å². The summed E-state index contributed by atoms with van der Waals surface area (Å²) in [7, 11) is 0. The molecule has 3 aromatic rings. The Balaban J connectivity index is 1.47. The van der Waals surface area contributed by atoms with E-state index in [0.29, 0.717) is 26.3 Å². The summed E-state index contributed by atoms with van der Waals surface area (Å²) in [5, 5.41) is 11.7. The number of nitrogens with one attached hydrogen (secondary N) is 1. The molecular weight excluding hydrogens is 391 g/mol. The Kier molecular flexibility index (Phi) is 3.95. The number of aromatic amines is 1. The zero-order valence-corrected chi connectivity index (χ0v) is 15.5. The molecule has 1 atom stereocenters. The van der Waals surface area contributed by atoms with Crippen molar-refractivity contribution < 1.29 is 17.9 Å². The summed E-state index contributed by atoms with van der Waals surface area (Å²) in [6.45, 7) is 1.99. The van der Waals surface area contributed by atoms with E-state index in [4.69, 9.17) is 4.74 Å². The summed E-state index contributed by atoms with van der Waals surface area (Å²) in [4.78, 5) is 9.59. The summed E-state index contributed by atoms with van der Waals surface area (Å²) < 4.78 is 44.9. The Morgan fingerprint density at radius 1 is 1.29 bits per heavy atom. The van der Waals surface area contributed by atoms with Crippen molar-refractivity contribution >= 4 is 17.3 Å². The first kappa shape index (κ1) is 17.6. The second-order valence-corrected chi connectivity index (χ2v) is 7.90. The van der Waals surface area contributed by atoms with Crippen LogP contribution in [0.25, 0.3) is 11.3 Å². The van der Waals surface area contributed by atoms with Gasteiger partial charge in [-0.2, -0.15) is 29.6 Å². The number of rotatable bonds is 2. The zero-order valence-electron chi connectivity index (χ0n) is 14.7. The van der Waals surface area contributed by atoms with E-state index in [-0.39, 0.29) is 11.4 Å². The zero-order chi connectivity index (χ0) is 19.4. The van der Waals surface area contributed by atoms with Crippen LogP contribution in [-0.4, -0.2) is 39.9 Å². The average molecular weight is 407 g/mol. The second kappa shape index (κ2) is 6.28. The van der Waals surface area contributed by atoms with Gasteiger partial charge < -0.3 is 9.64 Å². The molecule has 1 fully saturated rings. The monoisotopic (exact) mass is 407 g/mol. The molecule has 0 aromatic carbocycles. The van der Waals surface area contributed by atoms with E-state index in [1.165, 1.54) is 0 Å². The van der Waals surface area contributed by atoms with E-state index < -0.39 is 11.9 Å². The van der Waals surface area contributed by atoms with Gasteiger partial charge in [-0.25, -0.2) is 9.97 Å². The first-order chi connectivity index (χ1) is 13.5. The fourth-order valence-corrected chi connectivity index (χ4v) is 4.67. The molecule has 10 heteroatoms. The Morgan fingerprint density at radius 3 is 2.96 bits per heavy atom. The van der Waals surface area contributed by atoms with Crippen molar-refractivity contribution in [2.24, 2.45) is 0 Å². The summed E-state index contributed by atoms with van der Waals surface area (Å²) in [5.41, 5.74) is 2.67. The minimum atomic E-state index is -4.49. The lowest BCUT2D eigenvalue weighted by Gasteiger charge is -2.33. The fourth-order valence-electron chi connectivity index (χ4n) is 4.03. The number of hydrogen-bond donors (Lipinski definition) is 1. The minimum absolute atomic E-state index is 0.0939. The number of alkyl halides is 3. The highest BCUT2D eigenvalue weighted by Gasteiger charge is 2.46. The van der Waals surface area contributed by atoms with Gasteiger partial charge in [0.1, 0.15) is 5.69 Å². The SMILES string of the molecule is FC(F)(F)c1ccnc(N2CC[C@@]3(COCc4c(-c5ccsc5)n[nH]c43)C2)n1. The van der Waals surface area contributed by atoms with Crippen LogP contribution in [-0.2, 0) is 22.9 Å². The molecule has 2 aliphatic heterocycles. The molecule has 0 saturated carbocycles. The number of H-pyrrole nitrogens is 1. The molecule has 0 unspecified atom stereocenters. The number of anilines is 1. The van der Waals surface area contributed by atoms with Crippen molar-refractivity contribution in [1.82, 2.24) is 20.2 Å². The maximum atomic E-state index is 13.0. The van der Waals surface area contributed by atoms with Crippen molar-refractivity contribution in [3.05, 3.63) is 46.0 Å². The summed E-state index contributed by atoms with van der Waals surface area (Å²) in [6, 6.07) is 2.90. The van der Waals surface area contributed by atoms with Crippen LogP contribution < -0.4 is 4.90 Å². The fraction of sp³-hybridized carbons (Fsp3) is 0.389. The molecule has 2 aliphatic rings. The lowest BCUT2D eigenvalue weighted by molar-refractivity contribution is -0.141. The van der Waals surface area contributed by atoms with Crippen molar-refractivity contribution in [3.8, 4) is 11.3 Å². The third-order valence-electron chi connectivity index (χ3n) is 5.39. The molecule has 28 heavy (non-hydrogen) atoms. The first-order valence-corrected chi connectivity index (χ1v) is 9.74. The van der Waals surface area contributed by atoms with Gasteiger partial charge in [-0.1, -0.05) is 0 Å². The molecule has 0 aliphatic carbocycles. The van der Waals surface area contributed by atoms with Crippen molar-refractivity contribution in [2.75, 3.05) is 24.6 Å². The third kappa shape index (κ3) is 2.78. The molecule has 3 aromatic heterocycles. The van der Waals surface area contributed by atoms with Crippen LogP contribution in [0.4, 0.5) is 19.1 Å². The second-order valence-electron chi connectivity index (χ2n) is 7.12. The summed E-state index contributed by atoms with van der Waals surface area (Å²) in [6.07, 6.45) is -2.61. The first-order valence-electron chi connectivity index (χ1n) is 8.79. The number of thiophene rings is 1. The van der Waals surface area contributed by atoms with Crippen molar-refractivity contribution in [3.63, 3.8) is 0 Å². The lowest BCUT2D eigenvalue weighted by atomic mass is 9.80. The van der Waals surface area contributed by atoms with Gasteiger partial charge >= 0.3 is 6.18 Å². The van der Waals surface area contributed by atoms with Gasteiger partial charge in [0.05, 0.1) is 30.0 Å². The van der Waals surface area contributed by atoms with Crippen LogP contribution >= 0.6 is 11.3 Å². The Hall–Kier alpha value is -2.46. The summed E-state index contributed by atoms with van der Waals surface area (Å²) >= 11 is 1.60. The molecule has 1 spiro atoms. The minimum Gasteiger partial charge on any atom is -0.376 e. The Labute approximate surface area is 162 Å². The van der Waals surface area contributed by atoms with Gasteiger partial charge in [-0.15, -0.1) is 0 Å². The number of hydrogen-bond acceptors (Lipinski definition) is 6. The van der Waals surface area contributed by atoms with Crippen LogP contribution in [0.3, 0.4) is 0 Å². The predicted molar refractivity (Wildman–Crippen MR) is 97.1 cm³/mol. The largest absolute Gasteiger partial charge is 0.433 e. The van der Waals surface area contributed by atoms with Gasteiger partial charge in [0.25, 0.3) is 0 Å². The van der Waals surface area contributed by atoms with Gasteiger partial charge in [-0.05, 0) is 23.9 Å². The van der Waals surface area contributed by atoms with E-state index in [1.54, 1.807) is 16.2 Å². The molecule has 5 rings (SSSR count). The van der Waals surface area contributed by atoms with Crippen molar-refractivity contribution in [2.45, 2.75) is 24.6 Å². The number of ether oxygens (including phenoxy) is 1. The van der Waals surface area contributed by atoms with Gasteiger partial charge in [0.2, 0.25) is 5.95 Å². The molecule has 1 saturated heterocycles. The third-order valence-corrected chi connectivity index (χ3v) is 6.07. The smallest absolute Gasteiger partial charge is 0.376 e. The lowest BCUT2D eigenvalue weighted by Crippen LogP contribution is -2.40. The van der Waals surface area contributed by atoms with Crippen LogP contribution in [0.1, 0.15) is 23.4 Å². The maximum absolute atomic E-state index is 13.0. The molecular formula is C18H16F3N5OS. The molecule has 1 N–H and O–H groups in total. The maximum Gasteiger partial charge on any atom is 0.433 e. The van der Waals surface area contributed by atoms with Crippen LogP contribution in [0, 0.1) is 0 Å². The molecule has 0 amide bonds. The standard InChI is InChI=1S/C18H16F3N5OS/c19-18(20,21)13-1-4-22-16(23-13)26-5-3-17(9-26)10-27-7-12-14(24-25-15(12)17)11-2-6-28-8-11/h1-2,4,6,8H,3,5,7,9-10H2,(H,24,25)/t17-/m0/s1. The van der Waals surface area contributed by atoms with Crippen LogP contribution in [0.2, 0.25) is 0 Å².